The van der Waals surface area contributed by atoms with Gasteiger partial charge in [0.2, 0.25) is 0 Å². The average molecular weight is 242 g/mol. The van der Waals surface area contributed by atoms with Crippen LogP contribution >= 0.6 is 0 Å². The van der Waals surface area contributed by atoms with Gasteiger partial charge in [-0.05, 0) is 19.1 Å². The molecule has 18 heavy (non-hydrogen) atoms. The van der Waals surface area contributed by atoms with Crippen LogP contribution in [0.2, 0.25) is 0 Å². The molecule has 1 heterocycles. The van der Waals surface area contributed by atoms with Gasteiger partial charge in [-0.2, -0.15) is 0 Å². The highest BCUT2D eigenvalue weighted by molar-refractivity contribution is 5.58. The first-order chi connectivity index (χ1) is 8.81. The van der Waals surface area contributed by atoms with Gasteiger partial charge in [-0.25, -0.2) is 9.97 Å². The van der Waals surface area contributed by atoms with E-state index in [9.17, 15) is 0 Å². The first-order valence-corrected chi connectivity index (χ1v) is 6.25. The molecular formula is C14H18N4. The van der Waals surface area contributed by atoms with E-state index in [1.54, 1.807) is 0 Å². The third-order valence-electron chi connectivity index (χ3n) is 2.49. The molecule has 0 spiro atoms. The molecule has 0 radical (unpaired) electrons. The maximum Gasteiger partial charge on any atom is 0.136 e. The fourth-order valence-corrected chi connectivity index (χ4v) is 1.66. The zero-order chi connectivity index (χ0) is 12.8. The standard InChI is InChI=1S/C14H18N4/c1-3-12-17-13(15-4-2)10-14(18-12)16-11-8-6-5-7-9-11/h5-10H,3-4H2,1-2H3,(H2,15,16,17,18). The maximum atomic E-state index is 4.47. The SMILES string of the molecule is CCNc1cc(Nc2ccccc2)nc(CC)n1. The monoisotopic (exact) mass is 242 g/mol. The van der Waals surface area contributed by atoms with Crippen LogP contribution in [0.25, 0.3) is 0 Å². The number of benzene rings is 1. The van der Waals surface area contributed by atoms with Gasteiger partial charge in [0.05, 0.1) is 0 Å². The lowest BCUT2D eigenvalue weighted by Crippen LogP contribution is -2.05. The lowest BCUT2D eigenvalue weighted by atomic mass is 10.3. The molecule has 0 bridgehead atoms. The minimum atomic E-state index is 0.822. The molecule has 0 aliphatic carbocycles. The Bertz CT molecular complexity index is 496. The van der Waals surface area contributed by atoms with Gasteiger partial charge in [0.25, 0.3) is 0 Å². The number of hydrogen-bond donors (Lipinski definition) is 2. The molecule has 2 aromatic rings. The first kappa shape index (κ1) is 12.4. The summed E-state index contributed by atoms with van der Waals surface area (Å²) in [5.74, 6) is 2.53. The molecule has 1 aromatic carbocycles. The van der Waals surface area contributed by atoms with Crippen molar-refractivity contribution >= 4 is 17.3 Å². The Morgan fingerprint density at radius 2 is 1.72 bits per heavy atom. The van der Waals surface area contributed by atoms with Crippen LogP contribution < -0.4 is 10.6 Å². The molecule has 0 aliphatic rings. The molecule has 4 heteroatoms. The minimum Gasteiger partial charge on any atom is -0.370 e. The number of aryl methyl sites for hydroxylation is 1. The Balaban J connectivity index is 2.24. The van der Waals surface area contributed by atoms with Crippen molar-refractivity contribution in [3.8, 4) is 0 Å². The summed E-state index contributed by atoms with van der Waals surface area (Å²) in [5, 5.41) is 6.50. The summed E-state index contributed by atoms with van der Waals surface area (Å²) in [5.41, 5.74) is 1.03. The van der Waals surface area contributed by atoms with Crippen molar-refractivity contribution in [3.63, 3.8) is 0 Å². The molecular weight excluding hydrogens is 224 g/mol. The molecule has 0 atom stereocenters. The Hall–Kier alpha value is -2.10. The summed E-state index contributed by atoms with van der Waals surface area (Å²) < 4.78 is 0. The van der Waals surface area contributed by atoms with Gasteiger partial charge in [-0.1, -0.05) is 25.1 Å². The largest absolute Gasteiger partial charge is 0.370 e. The highest BCUT2D eigenvalue weighted by atomic mass is 15.1. The van der Waals surface area contributed by atoms with Crippen LogP contribution in [0.1, 0.15) is 19.7 Å². The van der Waals surface area contributed by atoms with Crippen LogP contribution in [0.4, 0.5) is 17.3 Å². The second-order valence-corrected chi connectivity index (χ2v) is 3.93. The molecule has 2 N–H and O–H groups in total. The zero-order valence-corrected chi connectivity index (χ0v) is 10.8. The number of anilines is 3. The second-order valence-electron chi connectivity index (χ2n) is 3.93. The van der Waals surface area contributed by atoms with E-state index in [2.05, 4.69) is 34.4 Å². The smallest absolute Gasteiger partial charge is 0.136 e. The van der Waals surface area contributed by atoms with E-state index in [-0.39, 0.29) is 0 Å². The van der Waals surface area contributed by atoms with Crippen LogP contribution in [0, 0.1) is 0 Å². The van der Waals surface area contributed by atoms with Crippen molar-refractivity contribution in [1.29, 1.82) is 0 Å². The Kier molecular flexibility index (Phi) is 4.12. The zero-order valence-electron chi connectivity index (χ0n) is 10.8. The average Bonchev–Trinajstić information content (AvgIpc) is 2.40. The predicted molar refractivity (Wildman–Crippen MR) is 75.3 cm³/mol. The number of rotatable bonds is 5. The highest BCUT2D eigenvalue weighted by Crippen LogP contribution is 2.17. The Labute approximate surface area is 107 Å². The normalized spacial score (nSPS) is 10.1. The van der Waals surface area contributed by atoms with Crippen LogP contribution in [0.5, 0.6) is 0 Å². The molecule has 94 valence electrons. The lowest BCUT2D eigenvalue weighted by molar-refractivity contribution is 0.939. The Morgan fingerprint density at radius 1 is 1.00 bits per heavy atom. The maximum absolute atomic E-state index is 4.47. The summed E-state index contributed by atoms with van der Waals surface area (Å²) in [4.78, 5) is 8.89. The molecule has 0 saturated heterocycles. The number of para-hydroxylation sites is 1. The van der Waals surface area contributed by atoms with Crippen molar-refractivity contribution in [2.75, 3.05) is 17.2 Å². The lowest BCUT2D eigenvalue weighted by Gasteiger charge is -2.09. The predicted octanol–water partition coefficient (Wildman–Crippen LogP) is 3.21. The van der Waals surface area contributed by atoms with Crippen LogP contribution in [0.3, 0.4) is 0 Å². The molecule has 2 rings (SSSR count). The van der Waals surface area contributed by atoms with Crippen molar-refractivity contribution in [2.45, 2.75) is 20.3 Å². The topological polar surface area (TPSA) is 49.8 Å². The fourth-order valence-electron chi connectivity index (χ4n) is 1.66. The van der Waals surface area contributed by atoms with Crippen molar-refractivity contribution in [3.05, 3.63) is 42.2 Å². The van der Waals surface area contributed by atoms with Gasteiger partial charge >= 0.3 is 0 Å². The van der Waals surface area contributed by atoms with Gasteiger partial charge in [0, 0.05) is 24.7 Å². The number of nitrogens with one attached hydrogen (secondary N) is 2. The molecule has 0 aliphatic heterocycles. The summed E-state index contributed by atoms with van der Waals surface area (Å²) in [6.07, 6.45) is 0.822. The van der Waals surface area contributed by atoms with Crippen LogP contribution in [-0.2, 0) is 6.42 Å². The van der Waals surface area contributed by atoms with Gasteiger partial charge in [0.1, 0.15) is 17.5 Å². The molecule has 0 unspecified atom stereocenters. The van der Waals surface area contributed by atoms with Crippen LogP contribution in [-0.4, -0.2) is 16.5 Å². The van der Waals surface area contributed by atoms with Crippen LogP contribution in [0.15, 0.2) is 36.4 Å². The Morgan fingerprint density at radius 3 is 2.39 bits per heavy atom. The first-order valence-electron chi connectivity index (χ1n) is 6.25. The van der Waals surface area contributed by atoms with E-state index in [0.29, 0.717) is 0 Å². The van der Waals surface area contributed by atoms with Gasteiger partial charge in [-0.3, -0.25) is 0 Å². The van der Waals surface area contributed by atoms with E-state index in [1.807, 2.05) is 36.4 Å². The third-order valence-corrected chi connectivity index (χ3v) is 2.49. The summed E-state index contributed by atoms with van der Waals surface area (Å²) >= 11 is 0. The molecule has 0 saturated carbocycles. The fraction of sp³-hybridized carbons (Fsp3) is 0.286. The number of hydrogen-bond acceptors (Lipinski definition) is 4. The third kappa shape index (κ3) is 3.20. The highest BCUT2D eigenvalue weighted by Gasteiger charge is 2.03. The van der Waals surface area contributed by atoms with Gasteiger partial charge in [-0.15, -0.1) is 0 Å². The quantitative estimate of drug-likeness (QED) is 0.845. The van der Waals surface area contributed by atoms with Crippen molar-refractivity contribution in [1.82, 2.24) is 9.97 Å². The van der Waals surface area contributed by atoms with Crippen molar-refractivity contribution < 1.29 is 0 Å². The van der Waals surface area contributed by atoms with Gasteiger partial charge < -0.3 is 10.6 Å². The molecule has 0 amide bonds. The van der Waals surface area contributed by atoms with E-state index in [0.717, 1.165) is 36.1 Å². The summed E-state index contributed by atoms with van der Waals surface area (Å²) in [7, 11) is 0. The van der Waals surface area contributed by atoms with E-state index in [4.69, 9.17) is 0 Å². The second kappa shape index (κ2) is 6.00. The number of aromatic nitrogens is 2. The summed E-state index contributed by atoms with van der Waals surface area (Å²) in [6, 6.07) is 11.9. The van der Waals surface area contributed by atoms with Gasteiger partial charge in [0.15, 0.2) is 0 Å². The van der Waals surface area contributed by atoms with E-state index in [1.165, 1.54) is 0 Å². The molecule has 0 fully saturated rings. The molecule has 1 aromatic heterocycles. The minimum absolute atomic E-state index is 0.822. The molecule has 4 nitrogen and oxygen atoms in total. The van der Waals surface area contributed by atoms with Crippen molar-refractivity contribution in [2.24, 2.45) is 0 Å². The summed E-state index contributed by atoms with van der Waals surface area (Å²) in [6.45, 7) is 4.96. The van der Waals surface area contributed by atoms with E-state index >= 15 is 0 Å². The van der Waals surface area contributed by atoms with E-state index < -0.39 is 0 Å². The number of nitrogens with zero attached hydrogens (tertiary/aromatic N) is 2.